The fraction of sp³-hybridized carbons (Fsp3) is 0.111. The first-order valence-corrected chi connectivity index (χ1v) is 8.14. The predicted octanol–water partition coefficient (Wildman–Crippen LogP) is 3.50. The Balaban J connectivity index is 1.88. The third-order valence-electron chi connectivity index (χ3n) is 4.10. The van der Waals surface area contributed by atoms with Gasteiger partial charge in [0.15, 0.2) is 0 Å². The molecule has 25 heavy (non-hydrogen) atoms. The normalized spacial score (nSPS) is 12.9. The highest BCUT2D eigenvalue weighted by Gasteiger charge is 2.24. The van der Waals surface area contributed by atoms with E-state index in [1.54, 1.807) is 18.5 Å². The number of carbonyl (C=O) groups is 1. The number of rotatable bonds is 3. The second kappa shape index (κ2) is 6.14. The van der Waals surface area contributed by atoms with Crippen molar-refractivity contribution in [1.29, 1.82) is 0 Å². The van der Waals surface area contributed by atoms with Crippen LogP contribution in [0, 0.1) is 0 Å². The molecule has 0 spiro atoms. The van der Waals surface area contributed by atoms with Crippen molar-refractivity contribution in [3.63, 3.8) is 0 Å². The number of benzene rings is 1. The molecular weight excluding hydrogens is 338 g/mol. The van der Waals surface area contributed by atoms with E-state index >= 15 is 0 Å². The van der Waals surface area contributed by atoms with E-state index in [-0.39, 0.29) is 11.9 Å². The van der Waals surface area contributed by atoms with Crippen LogP contribution in [0.1, 0.15) is 5.56 Å². The summed E-state index contributed by atoms with van der Waals surface area (Å²) in [5.41, 5.74) is 2.92. The Bertz CT molecular complexity index is 1000. The van der Waals surface area contributed by atoms with Crippen LogP contribution in [0.5, 0.6) is 0 Å². The van der Waals surface area contributed by atoms with Gasteiger partial charge >= 0.3 is 0 Å². The van der Waals surface area contributed by atoms with E-state index in [1.165, 1.54) is 11.6 Å². The Kier molecular flexibility index (Phi) is 3.82. The predicted molar refractivity (Wildman–Crippen MR) is 98.3 cm³/mol. The van der Waals surface area contributed by atoms with Gasteiger partial charge in [-0.15, -0.1) is 0 Å². The van der Waals surface area contributed by atoms with Gasteiger partial charge < -0.3 is 4.90 Å². The third kappa shape index (κ3) is 2.81. The highest BCUT2D eigenvalue weighted by atomic mass is 35.5. The first-order valence-electron chi connectivity index (χ1n) is 7.77. The molecule has 3 aromatic rings. The molecule has 0 fully saturated rings. The number of halogens is 1. The summed E-state index contributed by atoms with van der Waals surface area (Å²) in [7, 11) is 0. The summed E-state index contributed by atoms with van der Waals surface area (Å²) in [4.78, 5) is 26.8. The van der Waals surface area contributed by atoms with E-state index in [2.05, 4.69) is 31.7 Å². The molecule has 1 amide bonds. The Morgan fingerprint density at radius 3 is 3.04 bits per heavy atom. The van der Waals surface area contributed by atoms with Crippen molar-refractivity contribution in [2.75, 3.05) is 16.8 Å². The topological polar surface area (TPSA) is 71.0 Å². The first kappa shape index (κ1) is 15.5. The van der Waals surface area contributed by atoms with Crippen LogP contribution in [0.2, 0.25) is 5.02 Å². The lowest BCUT2D eigenvalue weighted by molar-refractivity contribution is -0.111. The molecule has 2 aromatic heterocycles. The summed E-state index contributed by atoms with van der Waals surface area (Å²) in [6.07, 6.45) is 5.47. The summed E-state index contributed by atoms with van der Waals surface area (Å²) >= 11 is 6.17. The molecule has 0 saturated heterocycles. The summed E-state index contributed by atoms with van der Waals surface area (Å²) < 4.78 is 0. The zero-order valence-electron chi connectivity index (χ0n) is 13.2. The van der Waals surface area contributed by atoms with Crippen LogP contribution < -0.4 is 10.2 Å². The van der Waals surface area contributed by atoms with Gasteiger partial charge in [0.1, 0.15) is 5.82 Å². The second-order valence-electron chi connectivity index (χ2n) is 5.63. The van der Waals surface area contributed by atoms with Gasteiger partial charge in [0.2, 0.25) is 11.9 Å². The lowest BCUT2D eigenvalue weighted by atomic mass is 10.2. The van der Waals surface area contributed by atoms with Crippen LogP contribution >= 0.6 is 11.6 Å². The fourth-order valence-corrected chi connectivity index (χ4v) is 3.12. The monoisotopic (exact) mass is 351 g/mol. The molecule has 3 heterocycles. The SMILES string of the molecule is C=CC(=O)Nc1nc(N2CCc3ccc(Cl)cc32)c2cnccc2n1. The minimum atomic E-state index is -0.357. The lowest BCUT2D eigenvalue weighted by Crippen LogP contribution is -2.18. The average molecular weight is 352 g/mol. The summed E-state index contributed by atoms with van der Waals surface area (Å²) in [5, 5.41) is 4.11. The number of nitrogens with zero attached hydrogens (tertiary/aromatic N) is 4. The standard InChI is InChI=1S/C18H14ClN5O/c1-2-16(25)22-18-21-14-5-7-20-10-13(14)17(23-18)24-8-6-11-3-4-12(19)9-15(11)24/h2-5,7,9-10H,1,6,8H2,(H,21,22,23,25). The van der Waals surface area contributed by atoms with Crippen molar-refractivity contribution in [1.82, 2.24) is 15.0 Å². The molecule has 6 nitrogen and oxygen atoms in total. The number of amides is 1. The van der Waals surface area contributed by atoms with Crippen LogP contribution in [0.15, 0.2) is 49.3 Å². The molecule has 1 aliphatic heterocycles. The molecule has 1 aromatic carbocycles. The number of hydrogen-bond acceptors (Lipinski definition) is 5. The largest absolute Gasteiger partial charge is 0.325 e. The molecule has 0 saturated carbocycles. The zero-order chi connectivity index (χ0) is 17.4. The second-order valence-corrected chi connectivity index (χ2v) is 6.07. The van der Waals surface area contributed by atoms with Gasteiger partial charge in [-0.2, -0.15) is 4.98 Å². The van der Waals surface area contributed by atoms with Crippen molar-refractivity contribution in [2.45, 2.75) is 6.42 Å². The summed E-state index contributed by atoms with van der Waals surface area (Å²) in [6.45, 7) is 4.23. The van der Waals surface area contributed by atoms with Gasteiger partial charge in [0.05, 0.1) is 10.9 Å². The van der Waals surface area contributed by atoms with E-state index in [9.17, 15) is 4.79 Å². The molecule has 0 atom stereocenters. The van der Waals surface area contributed by atoms with Crippen molar-refractivity contribution < 1.29 is 4.79 Å². The minimum absolute atomic E-state index is 0.231. The van der Waals surface area contributed by atoms with Crippen molar-refractivity contribution in [2.24, 2.45) is 0 Å². The number of fused-ring (bicyclic) bond motifs is 2. The highest BCUT2D eigenvalue weighted by Crippen LogP contribution is 2.38. The maximum atomic E-state index is 11.6. The van der Waals surface area contributed by atoms with E-state index in [4.69, 9.17) is 11.6 Å². The van der Waals surface area contributed by atoms with Crippen molar-refractivity contribution in [3.8, 4) is 0 Å². The summed E-state index contributed by atoms with van der Waals surface area (Å²) in [6, 6.07) is 7.63. The van der Waals surface area contributed by atoms with E-state index in [1.807, 2.05) is 18.2 Å². The van der Waals surface area contributed by atoms with E-state index in [0.717, 1.165) is 24.0 Å². The minimum Gasteiger partial charge on any atom is -0.325 e. The van der Waals surface area contributed by atoms with Gasteiger partial charge in [0.25, 0.3) is 0 Å². The Labute approximate surface area is 149 Å². The smallest absolute Gasteiger partial charge is 0.250 e. The average Bonchev–Trinajstić information content (AvgIpc) is 3.03. The quantitative estimate of drug-likeness (QED) is 0.731. The molecular formula is C18H14ClN5O. The highest BCUT2D eigenvalue weighted by molar-refractivity contribution is 6.31. The molecule has 0 unspecified atom stereocenters. The molecule has 0 radical (unpaired) electrons. The molecule has 4 rings (SSSR count). The first-order chi connectivity index (χ1) is 12.2. The van der Waals surface area contributed by atoms with Crippen LogP contribution in [-0.2, 0) is 11.2 Å². The zero-order valence-corrected chi connectivity index (χ0v) is 14.0. The summed E-state index contributed by atoms with van der Waals surface area (Å²) in [5.74, 6) is 0.566. The molecule has 7 heteroatoms. The lowest BCUT2D eigenvalue weighted by Gasteiger charge is -2.20. The van der Waals surface area contributed by atoms with Gasteiger partial charge in [-0.1, -0.05) is 24.2 Å². The number of pyridine rings is 1. The number of hydrogen-bond donors (Lipinski definition) is 1. The Morgan fingerprint density at radius 2 is 2.20 bits per heavy atom. The molecule has 124 valence electrons. The Hall–Kier alpha value is -2.99. The van der Waals surface area contributed by atoms with Crippen molar-refractivity contribution in [3.05, 3.63) is 59.9 Å². The molecule has 0 aliphatic carbocycles. The number of nitrogens with one attached hydrogen (secondary N) is 1. The maximum Gasteiger partial charge on any atom is 0.250 e. The fourth-order valence-electron chi connectivity index (χ4n) is 2.95. The van der Waals surface area contributed by atoms with Gasteiger partial charge in [-0.05, 0) is 36.3 Å². The van der Waals surface area contributed by atoms with E-state index < -0.39 is 0 Å². The van der Waals surface area contributed by atoms with E-state index in [0.29, 0.717) is 16.4 Å². The molecule has 0 bridgehead atoms. The van der Waals surface area contributed by atoms with Crippen molar-refractivity contribution >= 4 is 45.9 Å². The van der Waals surface area contributed by atoms with Crippen LogP contribution in [0.3, 0.4) is 0 Å². The number of aromatic nitrogens is 3. The molecule has 1 aliphatic rings. The van der Waals surface area contributed by atoms with Crippen LogP contribution in [-0.4, -0.2) is 27.4 Å². The molecule has 1 N–H and O–H groups in total. The van der Waals surface area contributed by atoms with Gasteiger partial charge in [-0.25, -0.2) is 4.98 Å². The van der Waals surface area contributed by atoms with Crippen LogP contribution in [0.25, 0.3) is 10.9 Å². The van der Waals surface area contributed by atoms with Crippen LogP contribution in [0.4, 0.5) is 17.5 Å². The third-order valence-corrected chi connectivity index (χ3v) is 4.33. The van der Waals surface area contributed by atoms with Gasteiger partial charge in [0, 0.05) is 29.6 Å². The number of carbonyl (C=O) groups excluding carboxylic acids is 1. The maximum absolute atomic E-state index is 11.6. The van der Waals surface area contributed by atoms with Gasteiger partial charge in [-0.3, -0.25) is 15.1 Å². The number of anilines is 3. The Morgan fingerprint density at radius 1 is 1.32 bits per heavy atom.